The van der Waals surface area contributed by atoms with Crippen molar-refractivity contribution < 1.29 is 14.7 Å². The van der Waals surface area contributed by atoms with Crippen molar-refractivity contribution in [1.82, 2.24) is 10.2 Å². The first kappa shape index (κ1) is 14.7. The first-order valence-corrected chi connectivity index (χ1v) is 8.10. The van der Waals surface area contributed by atoms with Crippen molar-refractivity contribution in [3.05, 3.63) is 0 Å². The summed E-state index contributed by atoms with van der Waals surface area (Å²) in [4.78, 5) is 25.5. The molecule has 0 saturated carbocycles. The summed E-state index contributed by atoms with van der Waals surface area (Å²) in [6, 6.07) is -0.857. The van der Waals surface area contributed by atoms with Gasteiger partial charge in [-0.3, -0.25) is 4.79 Å². The molecule has 2 aliphatic heterocycles. The molecule has 5 nitrogen and oxygen atoms in total. The molecule has 0 radical (unpaired) electrons. The molecule has 2 aliphatic rings. The Bertz CT molecular complexity index is 343. The summed E-state index contributed by atoms with van der Waals surface area (Å²) in [5.74, 6) is -0.400. The Morgan fingerprint density at radius 3 is 2.84 bits per heavy atom. The molecule has 19 heavy (non-hydrogen) atoms. The van der Waals surface area contributed by atoms with Crippen LogP contribution in [0.1, 0.15) is 39.0 Å². The third-order valence-corrected chi connectivity index (χ3v) is 5.29. The fraction of sp³-hybridized carbons (Fsp3) is 0.846. The quantitative estimate of drug-likeness (QED) is 0.818. The van der Waals surface area contributed by atoms with Gasteiger partial charge in [0.2, 0.25) is 5.91 Å². The predicted octanol–water partition coefficient (Wildman–Crippen LogP) is 1.28. The van der Waals surface area contributed by atoms with Crippen LogP contribution in [0.3, 0.4) is 0 Å². The SMILES string of the molecule is CCC1SCC(C(=O)O)N1C(=O)C1CCCCCN1. The van der Waals surface area contributed by atoms with Gasteiger partial charge in [0.25, 0.3) is 0 Å². The number of aliphatic carboxylic acids is 1. The third kappa shape index (κ3) is 3.23. The first-order valence-electron chi connectivity index (χ1n) is 7.05. The minimum atomic E-state index is -0.884. The van der Waals surface area contributed by atoms with Crippen molar-refractivity contribution in [3.8, 4) is 0 Å². The number of carbonyl (C=O) groups is 2. The standard InChI is InChI=1S/C13H22N2O3S/c1-2-11-15(10(8-19-11)13(17)18)12(16)9-6-4-3-5-7-14-9/h9-11,14H,2-8H2,1H3,(H,17,18). The predicted molar refractivity (Wildman–Crippen MR) is 75.1 cm³/mol. The number of nitrogens with one attached hydrogen (secondary N) is 1. The maximum atomic E-state index is 12.6. The van der Waals surface area contributed by atoms with Crippen molar-refractivity contribution >= 4 is 23.6 Å². The van der Waals surface area contributed by atoms with Crippen LogP contribution < -0.4 is 5.32 Å². The van der Waals surface area contributed by atoms with Crippen molar-refractivity contribution in [2.75, 3.05) is 12.3 Å². The number of thioether (sulfide) groups is 1. The summed E-state index contributed by atoms with van der Waals surface area (Å²) >= 11 is 1.58. The molecule has 2 saturated heterocycles. The highest BCUT2D eigenvalue weighted by Crippen LogP contribution is 2.32. The van der Waals surface area contributed by atoms with E-state index in [1.165, 1.54) is 0 Å². The summed E-state index contributed by atoms with van der Waals surface area (Å²) in [5, 5.41) is 12.6. The molecular weight excluding hydrogens is 264 g/mol. The number of rotatable bonds is 3. The molecule has 0 spiro atoms. The van der Waals surface area contributed by atoms with Gasteiger partial charge in [0, 0.05) is 5.75 Å². The molecule has 2 rings (SSSR count). The van der Waals surface area contributed by atoms with Crippen LogP contribution in [0.15, 0.2) is 0 Å². The largest absolute Gasteiger partial charge is 0.480 e. The number of hydrogen-bond donors (Lipinski definition) is 2. The molecule has 0 aromatic rings. The molecule has 0 bridgehead atoms. The van der Waals surface area contributed by atoms with E-state index in [4.69, 9.17) is 0 Å². The zero-order valence-corrected chi connectivity index (χ0v) is 12.1. The maximum Gasteiger partial charge on any atom is 0.327 e. The Morgan fingerprint density at radius 2 is 2.16 bits per heavy atom. The maximum absolute atomic E-state index is 12.6. The summed E-state index contributed by atoms with van der Waals surface area (Å²) in [5.41, 5.74) is 0. The van der Waals surface area contributed by atoms with Crippen molar-refractivity contribution in [3.63, 3.8) is 0 Å². The Hall–Kier alpha value is -0.750. The second kappa shape index (κ2) is 6.61. The van der Waals surface area contributed by atoms with E-state index >= 15 is 0 Å². The van der Waals surface area contributed by atoms with Crippen LogP contribution in [-0.4, -0.2) is 51.6 Å². The van der Waals surface area contributed by atoms with Crippen LogP contribution in [-0.2, 0) is 9.59 Å². The molecule has 3 atom stereocenters. The summed E-state index contributed by atoms with van der Waals surface area (Å²) < 4.78 is 0. The zero-order valence-electron chi connectivity index (χ0n) is 11.3. The molecule has 6 heteroatoms. The third-order valence-electron chi connectivity index (χ3n) is 3.84. The molecule has 108 valence electrons. The van der Waals surface area contributed by atoms with Gasteiger partial charge >= 0.3 is 5.97 Å². The molecule has 0 aromatic heterocycles. The van der Waals surface area contributed by atoms with E-state index in [1.807, 2.05) is 6.92 Å². The molecule has 0 aliphatic carbocycles. The van der Waals surface area contributed by atoms with Gasteiger partial charge in [0.15, 0.2) is 0 Å². The van der Waals surface area contributed by atoms with Crippen LogP contribution in [0, 0.1) is 0 Å². The van der Waals surface area contributed by atoms with Crippen LogP contribution >= 0.6 is 11.8 Å². The highest BCUT2D eigenvalue weighted by Gasteiger charge is 2.42. The smallest absolute Gasteiger partial charge is 0.327 e. The zero-order chi connectivity index (χ0) is 13.8. The van der Waals surface area contributed by atoms with E-state index < -0.39 is 12.0 Å². The molecule has 0 aromatic carbocycles. The van der Waals surface area contributed by atoms with Crippen molar-refractivity contribution in [1.29, 1.82) is 0 Å². The number of nitrogens with zero attached hydrogens (tertiary/aromatic N) is 1. The Labute approximate surface area is 118 Å². The monoisotopic (exact) mass is 286 g/mol. The number of amides is 1. The lowest BCUT2D eigenvalue weighted by molar-refractivity contribution is -0.150. The van der Waals surface area contributed by atoms with Crippen molar-refractivity contribution in [2.45, 2.75) is 56.5 Å². The molecule has 2 N–H and O–H groups in total. The van der Waals surface area contributed by atoms with E-state index in [0.717, 1.165) is 38.6 Å². The van der Waals surface area contributed by atoms with Gasteiger partial charge < -0.3 is 15.3 Å². The topological polar surface area (TPSA) is 69.6 Å². The lowest BCUT2D eigenvalue weighted by Crippen LogP contribution is -2.53. The van der Waals surface area contributed by atoms with E-state index in [-0.39, 0.29) is 17.3 Å². The molecule has 2 heterocycles. The highest BCUT2D eigenvalue weighted by molar-refractivity contribution is 8.00. The van der Waals surface area contributed by atoms with E-state index in [1.54, 1.807) is 16.7 Å². The van der Waals surface area contributed by atoms with Gasteiger partial charge in [0.05, 0.1) is 11.4 Å². The molecular formula is C13H22N2O3S. The number of carboxylic acid groups (broad SMARTS) is 1. The minimum absolute atomic E-state index is 0.0126. The number of hydrogen-bond acceptors (Lipinski definition) is 4. The second-order valence-electron chi connectivity index (χ2n) is 5.15. The average Bonchev–Trinajstić information content (AvgIpc) is 2.64. The van der Waals surface area contributed by atoms with Gasteiger partial charge in [-0.25, -0.2) is 4.79 Å². The highest BCUT2D eigenvalue weighted by atomic mass is 32.2. The fourth-order valence-corrected chi connectivity index (χ4v) is 4.14. The average molecular weight is 286 g/mol. The van der Waals surface area contributed by atoms with Gasteiger partial charge in [-0.2, -0.15) is 0 Å². The van der Waals surface area contributed by atoms with Crippen LogP contribution in [0.4, 0.5) is 0 Å². The molecule has 1 amide bonds. The van der Waals surface area contributed by atoms with Gasteiger partial charge in [-0.15, -0.1) is 11.8 Å². The summed E-state index contributed by atoms with van der Waals surface area (Å²) in [6.45, 7) is 2.86. The van der Waals surface area contributed by atoms with Gasteiger partial charge in [-0.1, -0.05) is 19.8 Å². The second-order valence-corrected chi connectivity index (χ2v) is 6.36. The summed E-state index contributed by atoms with van der Waals surface area (Å²) in [7, 11) is 0. The lowest BCUT2D eigenvalue weighted by Gasteiger charge is -2.30. The Morgan fingerprint density at radius 1 is 1.37 bits per heavy atom. The Balaban J connectivity index is 2.10. The normalized spacial score (nSPS) is 32.1. The van der Waals surface area contributed by atoms with Crippen LogP contribution in [0.25, 0.3) is 0 Å². The number of carbonyl (C=O) groups excluding carboxylic acids is 1. The number of carboxylic acids is 1. The fourth-order valence-electron chi connectivity index (χ4n) is 2.78. The van der Waals surface area contributed by atoms with Gasteiger partial charge in [-0.05, 0) is 25.8 Å². The van der Waals surface area contributed by atoms with Crippen LogP contribution in [0.5, 0.6) is 0 Å². The minimum Gasteiger partial charge on any atom is -0.480 e. The lowest BCUT2D eigenvalue weighted by atomic mass is 10.1. The Kier molecular flexibility index (Phi) is 5.10. The van der Waals surface area contributed by atoms with Crippen molar-refractivity contribution in [2.24, 2.45) is 0 Å². The van der Waals surface area contributed by atoms with E-state index in [9.17, 15) is 14.7 Å². The summed E-state index contributed by atoms with van der Waals surface area (Å²) in [6.07, 6.45) is 4.90. The molecule has 3 unspecified atom stereocenters. The first-order chi connectivity index (χ1) is 9.15. The van der Waals surface area contributed by atoms with Gasteiger partial charge in [0.1, 0.15) is 6.04 Å². The molecule has 2 fully saturated rings. The van der Waals surface area contributed by atoms with Crippen LogP contribution in [0.2, 0.25) is 0 Å². The van der Waals surface area contributed by atoms with E-state index in [2.05, 4.69) is 5.32 Å². The van der Waals surface area contributed by atoms with E-state index in [0.29, 0.717) is 5.75 Å².